The lowest BCUT2D eigenvalue weighted by atomic mass is 10.2. The Hall–Kier alpha value is -2.43. The number of para-hydroxylation sites is 1. The van der Waals surface area contributed by atoms with Gasteiger partial charge in [0.05, 0.1) is 7.11 Å². The summed E-state index contributed by atoms with van der Waals surface area (Å²) < 4.78 is 4.68. The zero-order chi connectivity index (χ0) is 13.2. The van der Waals surface area contributed by atoms with Crippen LogP contribution in [-0.4, -0.2) is 29.6 Å². The van der Waals surface area contributed by atoms with Crippen LogP contribution in [0.25, 0.3) is 0 Å². The quantitative estimate of drug-likeness (QED) is 0.768. The molecule has 1 aromatic carbocycles. The molecule has 3 rings (SSSR count). The number of rotatable bonds is 2. The SMILES string of the molecule is COC(=O)c1ccnc(N2CCc3ccccc32)n1. The molecule has 1 aliphatic rings. The minimum absolute atomic E-state index is 0.275. The van der Waals surface area contributed by atoms with Crippen LogP contribution in [0.15, 0.2) is 36.5 Å². The largest absolute Gasteiger partial charge is 0.464 e. The van der Waals surface area contributed by atoms with E-state index in [9.17, 15) is 4.79 Å². The highest BCUT2D eigenvalue weighted by atomic mass is 16.5. The van der Waals surface area contributed by atoms with Crippen LogP contribution < -0.4 is 4.90 Å². The number of fused-ring (bicyclic) bond motifs is 1. The Kier molecular flexibility index (Phi) is 2.87. The lowest BCUT2D eigenvalue weighted by molar-refractivity contribution is 0.0594. The smallest absolute Gasteiger partial charge is 0.356 e. The highest BCUT2D eigenvalue weighted by molar-refractivity contribution is 5.87. The highest BCUT2D eigenvalue weighted by Crippen LogP contribution is 2.31. The first-order chi connectivity index (χ1) is 9.29. The number of carbonyl (C=O) groups excluding carboxylic acids is 1. The molecule has 5 nitrogen and oxygen atoms in total. The third-order valence-electron chi connectivity index (χ3n) is 3.17. The van der Waals surface area contributed by atoms with Gasteiger partial charge in [0.15, 0.2) is 5.69 Å². The van der Waals surface area contributed by atoms with Crippen molar-refractivity contribution in [3.05, 3.63) is 47.8 Å². The molecule has 0 saturated heterocycles. The Balaban J connectivity index is 1.98. The third kappa shape index (κ3) is 2.03. The summed E-state index contributed by atoms with van der Waals surface area (Å²) in [7, 11) is 1.34. The molecular weight excluding hydrogens is 242 g/mol. The maximum atomic E-state index is 11.5. The van der Waals surface area contributed by atoms with Crippen molar-refractivity contribution in [2.75, 3.05) is 18.6 Å². The van der Waals surface area contributed by atoms with Gasteiger partial charge in [-0.05, 0) is 24.1 Å². The second kappa shape index (κ2) is 4.68. The van der Waals surface area contributed by atoms with E-state index in [4.69, 9.17) is 0 Å². The van der Waals surface area contributed by atoms with Crippen molar-refractivity contribution in [3.63, 3.8) is 0 Å². The molecule has 0 bridgehead atoms. The summed E-state index contributed by atoms with van der Waals surface area (Å²) in [6.45, 7) is 0.823. The molecular formula is C14H13N3O2. The van der Waals surface area contributed by atoms with Gasteiger partial charge in [0.2, 0.25) is 5.95 Å². The van der Waals surface area contributed by atoms with Gasteiger partial charge in [0, 0.05) is 18.4 Å². The standard InChI is InChI=1S/C14H13N3O2/c1-19-13(18)11-6-8-15-14(16-11)17-9-7-10-4-2-3-5-12(10)17/h2-6,8H,7,9H2,1H3. The molecule has 0 atom stereocenters. The van der Waals surface area contributed by atoms with Gasteiger partial charge >= 0.3 is 5.97 Å². The maximum absolute atomic E-state index is 11.5. The summed E-state index contributed by atoms with van der Waals surface area (Å²) in [4.78, 5) is 22.0. The molecule has 0 aliphatic carbocycles. The Labute approximate surface area is 110 Å². The fourth-order valence-corrected chi connectivity index (χ4v) is 2.24. The van der Waals surface area contributed by atoms with Gasteiger partial charge < -0.3 is 9.64 Å². The number of hydrogen-bond donors (Lipinski definition) is 0. The summed E-state index contributed by atoms with van der Waals surface area (Å²) in [5.41, 5.74) is 2.65. The van der Waals surface area contributed by atoms with Crippen LogP contribution in [0.3, 0.4) is 0 Å². The molecule has 2 heterocycles. The second-order valence-corrected chi connectivity index (χ2v) is 4.26. The van der Waals surface area contributed by atoms with Crippen LogP contribution in [0.1, 0.15) is 16.1 Å². The van der Waals surface area contributed by atoms with E-state index in [-0.39, 0.29) is 5.69 Å². The number of carbonyl (C=O) groups is 1. The Bertz CT molecular complexity index is 628. The predicted octanol–water partition coefficient (Wildman–Crippen LogP) is 1.96. The minimum Gasteiger partial charge on any atom is -0.464 e. The number of aromatic nitrogens is 2. The Morgan fingerprint density at radius 1 is 1.32 bits per heavy atom. The number of ether oxygens (including phenoxy) is 1. The van der Waals surface area contributed by atoms with Crippen molar-refractivity contribution in [1.82, 2.24) is 9.97 Å². The molecule has 0 saturated carbocycles. The zero-order valence-electron chi connectivity index (χ0n) is 10.5. The van der Waals surface area contributed by atoms with E-state index in [0.29, 0.717) is 5.95 Å². The maximum Gasteiger partial charge on any atom is 0.356 e. The van der Waals surface area contributed by atoms with E-state index < -0.39 is 5.97 Å². The van der Waals surface area contributed by atoms with E-state index in [1.807, 2.05) is 23.1 Å². The Morgan fingerprint density at radius 3 is 3.00 bits per heavy atom. The van der Waals surface area contributed by atoms with Gasteiger partial charge in [0.1, 0.15) is 0 Å². The van der Waals surface area contributed by atoms with Crippen molar-refractivity contribution >= 4 is 17.6 Å². The minimum atomic E-state index is -0.448. The van der Waals surface area contributed by atoms with Crippen LogP contribution in [0.5, 0.6) is 0 Å². The molecule has 0 amide bonds. The molecule has 0 fully saturated rings. The molecule has 1 aromatic heterocycles. The van der Waals surface area contributed by atoms with E-state index in [1.54, 1.807) is 12.3 Å². The molecule has 0 N–H and O–H groups in total. The summed E-state index contributed by atoms with van der Waals surface area (Å²) in [6.07, 6.45) is 2.54. The van der Waals surface area contributed by atoms with Crippen LogP contribution >= 0.6 is 0 Å². The molecule has 0 spiro atoms. The molecule has 2 aromatic rings. The van der Waals surface area contributed by atoms with E-state index >= 15 is 0 Å². The first-order valence-electron chi connectivity index (χ1n) is 6.06. The van der Waals surface area contributed by atoms with Crippen molar-refractivity contribution in [3.8, 4) is 0 Å². The second-order valence-electron chi connectivity index (χ2n) is 4.26. The molecule has 0 radical (unpaired) electrons. The molecule has 1 aliphatic heterocycles. The number of methoxy groups -OCH3 is 1. The monoisotopic (exact) mass is 255 g/mol. The van der Waals surface area contributed by atoms with E-state index in [1.165, 1.54) is 12.7 Å². The van der Waals surface area contributed by atoms with Gasteiger partial charge in [-0.1, -0.05) is 18.2 Å². The zero-order valence-corrected chi connectivity index (χ0v) is 10.5. The van der Waals surface area contributed by atoms with Crippen molar-refractivity contribution < 1.29 is 9.53 Å². The van der Waals surface area contributed by atoms with Crippen molar-refractivity contribution in [2.24, 2.45) is 0 Å². The van der Waals surface area contributed by atoms with Crippen LogP contribution in [-0.2, 0) is 11.2 Å². The van der Waals surface area contributed by atoms with Gasteiger partial charge in [-0.25, -0.2) is 14.8 Å². The summed E-state index contributed by atoms with van der Waals surface area (Å²) in [6, 6.07) is 9.70. The molecule has 0 unspecified atom stereocenters. The number of benzene rings is 1. The topological polar surface area (TPSA) is 55.3 Å². The average Bonchev–Trinajstić information content (AvgIpc) is 2.90. The first kappa shape index (κ1) is 11.6. The van der Waals surface area contributed by atoms with E-state index in [2.05, 4.69) is 20.8 Å². The van der Waals surface area contributed by atoms with Crippen LogP contribution in [0, 0.1) is 0 Å². The molecule has 5 heteroatoms. The number of esters is 1. The van der Waals surface area contributed by atoms with Crippen LogP contribution in [0.2, 0.25) is 0 Å². The lowest BCUT2D eigenvalue weighted by Crippen LogP contribution is -2.18. The van der Waals surface area contributed by atoms with Gasteiger partial charge in [-0.2, -0.15) is 0 Å². The lowest BCUT2D eigenvalue weighted by Gasteiger charge is -2.17. The fraction of sp³-hybridized carbons (Fsp3) is 0.214. The first-order valence-corrected chi connectivity index (χ1v) is 6.06. The third-order valence-corrected chi connectivity index (χ3v) is 3.17. The Morgan fingerprint density at radius 2 is 2.16 bits per heavy atom. The molecule has 96 valence electrons. The molecule has 19 heavy (non-hydrogen) atoms. The highest BCUT2D eigenvalue weighted by Gasteiger charge is 2.22. The normalized spacial score (nSPS) is 13.2. The van der Waals surface area contributed by atoms with Gasteiger partial charge in [-0.3, -0.25) is 0 Å². The van der Waals surface area contributed by atoms with Crippen molar-refractivity contribution in [1.29, 1.82) is 0 Å². The number of hydrogen-bond acceptors (Lipinski definition) is 5. The van der Waals surface area contributed by atoms with Gasteiger partial charge in [0.25, 0.3) is 0 Å². The van der Waals surface area contributed by atoms with Crippen LogP contribution in [0.4, 0.5) is 11.6 Å². The number of anilines is 2. The van der Waals surface area contributed by atoms with Crippen molar-refractivity contribution in [2.45, 2.75) is 6.42 Å². The summed E-state index contributed by atoms with van der Waals surface area (Å²) in [5.74, 6) is 0.0870. The van der Waals surface area contributed by atoms with Gasteiger partial charge in [-0.15, -0.1) is 0 Å². The average molecular weight is 255 g/mol. The summed E-state index contributed by atoms with van der Waals surface area (Å²) >= 11 is 0. The van der Waals surface area contributed by atoms with E-state index in [0.717, 1.165) is 18.7 Å². The predicted molar refractivity (Wildman–Crippen MR) is 70.5 cm³/mol. The fourth-order valence-electron chi connectivity index (χ4n) is 2.24. The number of nitrogens with zero attached hydrogens (tertiary/aromatic N) is 3. The summed E-state index contributed by atoms with van der Waals surface area (Å²) in [5, 5.41) is 0.